The largest absolute Gasteiger partial charge is 0.363 e. The van der Waals surface area contributed by atoms with Crippen LogP contribution in [0.5, 0.6) is 0 Å². The molecule has 1 fully saturated rings. The Morgan fingerprint density at radius 2 is 2.00 bits per heavy atom. The Morgan fingerprint density at radius 1 is 1.19 bits per heavy atom. The average molecular weight is 496 g/mol. The first-order valence-corrected chi connectivity index (χ1v) is 10.6. The number of aliphatic imine (C=N–C) groups is 1. The van der Waals surface area contributed by atoms with Gasteiger partial charge in [0.25, 0.3) is 0 Å². The van der Waals surface area contributed by atoms with Crippen LogP contribution in [0.3, 0.4) is 0 Å². The Kier molecular flexibility index (Phi) is 7.41. The van der Waals surface area contributed by atoms with Crippen LogP contribution in [0.2, 0.25) is 0 Å². The van der Waals surface area contributed by atoms with Crippen LogP contribution in [-0.2, 0) is 6.42 Å². The molecule has 0 saturated carbocycles. The highest BCUT2D eigenvalue weighted by atomic mass is 127. The number of thiophene rings is 1. The van der Waals surface area contributed by atoms with E-state index in [2.05, 4.69) is 64.2 Å². The SMILES string of the molecule is CCNC(=NCC1Cc2ccccc21)NC1CCN(c2cccs2)CC1.I. The zero-order valence-corrected chi connectivity index (χ0v) is 19.0. The highest BCUT2D eigenvalue weighted by Crippen LogP contribution is 2.34. The summed E-state index contributed by atoms with van der Waals surface area (Å²) in [4.78, 5) is 7.38. The second-order valence-electron chi connectivity index (χ2n) is 7.18. The van der Waals surface area contributed by atoms with E-state index in [1.54, 1.807) is 0 Å². The van der Waals surface area contributed by atoms with Gasteiger partial charge in [-0.05, 0) is 54.8 Å². The van der Waals surface area contributed by atoms with Crippen molar-refractivity contribution in [3.05, 3.63) is 52.9 Å². The van der Waals surface area contributed by atoms with Gasteiger partial charge in [0.1, 0.15) is 0 Å². The number of hydrogen-bond acceptors (Lipinski definition) is 3. The number of fused-ring (bicyclic) bond motifs is 1. The van der Waals surface area contributed by atoms with Crippen molar-refractivity contribution in [1.29, 1.82) is 0 Å². The molecule has 1 aromatic carbocycles. The van der Waals surface area contributed by atoms with Gasteiger partial charge in [-0.2, -0.15) is 0 Å². The molecule has 27 heavy (non-hydrogen) atoms. The van der Waals surface area contributed by atoms with E-state index in [9.17, 15) is 0 Å². The molecule has 6 heteroatoms. The number of nitrogens with one attached hydrogen (secondary N) is 2. The quantitative estimate of drug-likeness (QED) is 0.370. The molecule has 2 N–H and O–H groups in total. The first-order chi connectivity index (χ1) is 12.8. The van der Waals surface area contributed by atoms with Crippen LogP contribution in [0, 0.1) is 0 Å². The number of anilines is 1. The number of nitrogens with zero attached hydrogens (tertiary/aromatic N) is 2. The Bertz CT molecular complexity index is 738. The predicted molar refractivity (Wildman–Crippen MR) is 127 cm³/mol. The van der Waals surface area contributed by atoms with Crippen LogP contribution in [0.4, 0.5) is 5.00 Å². The maximum Gasteiger partial charge on any atom is 0.191 e. The minimum atomic E-state index is 0. The number of halogens is 1. The van der Waals surface area contributed by atoms with E-state index < -0.39 is 0 Å². The highest BCUT2D eigenvalue weighted by molar-refractivity contribution is 14.0. The number of guanidine groups is 1. The minimum absolute atomic E-state index is 0. The van der Waals surface area contributed by atoms with Crippen LogP contribution in [0.1, 0.15) is 36.8 Å². The van der Waals surface area contributed by atoms with Gasteiger partial charge in [-0.15, -0.1) is 35.3 Å². The molecule has 146 valence electrons. The second-order valence-corrected chi connectivity index (χ2v) is 8.10. The van der Waals surface area contributed by atoms with E-state index >= 15 is 0 Å². The first kappa shape index (κ1) is 20.5. The number of piperidine rings is 1. The summed E-state index contributed by atoms with van der Waals surface area (Å²) in [6.45, 7) is 6.15. The second kappa shape index (κ2) is 9.78. The molecule has 4 rings (SSSR count). The lowest BCUT2D eigenvalue weighted by molar-refractivity contribution is 0.462. The molecule has 1 atom stereocenters. The number of hydrogen-bond donors (Lipinski definition) is 2. The molecule has 2 heterocycles. The Hall–Kier alpha value is -1.28. The van der Waals surface area contributed by atoms with E-state index in [-0.39, 0.29) is 24.0 Å². The van der Waals surface area contributed by atoms with Gasteiger partial charge >= 0.3 is 0 Å². The van der Waals surface area contributed by atoms with E-state index in [4.69, 9.17) is 4.99 Å². The van der Waals surface area contributed by atoms with Crippen molar-refractivity contribution in [1.82, 2.24) is 10.6 Å². The standard InChI is InChI=1S/C21H28N4S.HI/c1-2-22-21(23-15-17-14-16-6-3-4-7-19(16)17)24-18-9-11-25(12-10-18)20-8-5-13-26-20;/h3-8,13,17-18H,2,9-12,14-15H2,1H3,(H2,22,23,24);1H. The summed E-state index contributed by atoms with van der Waals surface area (Å²) >= 11 is 1.84. The normalized spacial score (nSPS) is 19.7. The molecule has 1 unspecified atom stereocenters. The fraction of sp³-hybridized carbons (Fsp3) is 0.476. The number of benzene rings is 1. The summed E-state index contributed by atoms with van der Waals surface area (Å²) in [7, 11) is 0. The summed E-state index contributed by atoms with van der Waals surface area (Å²) in [5.41, 5.74) is 2.97. The summed E-state index contributed by atoms with van der Waals surface area (Å²) in [5, 5.41) is 10.6. The van der Waals surface area contributed by atoms with E-state index in [1.807, 2.05) is 11.3 Å². The van der Waals surface area contributed by atoms with Gasteiger partial charge in [-0.1, -0.05) is 24.3 Å². The zero-order chi connectivity index (χ0) is 17.8. The number of rotatable bonds is 5. The van der Waals surface area contributed by atoms with Crippen molar-refractivity contribution in [2.75, 3.05) is 31.1 Å². The van der Waals surface area contributed by atoms with Crippen molar-refractivity contribution < 1.29 is 0 Å². The third-order valence-electron chi connectivity index (χ3n) is 5.43. The fourth-order valence-corrected chi connectivity index (χ4v) is 4.72. The molecule has 1 aromatic heterocycles. The lowest BCUT2D eigenvalue weighted by Gasteiger charge is -2.34. The van der Waals surface area contributed by atoms with Gasteiger partial charge in [-0.3, -0.25) is 4.99 Å². The van der Waals surface area contributed by atoms with Crippen LogP contribution in [-0.4, -0.2) is 38.2 Å². The van der Waals surface area contributed by atoms with Crippen LogP contribution in [0.25, 0.3) is 0 Å². The van der Waals surface area contributed by atoms with Gasteiger partial charge in [0, 0.05) is 38.1 Å². The third-order valence-corrected chi connectivity index (χ3v) is 6.36. The molecule has 2 aliphatic rings. The molecular weight excluding hydrogens is 467 g/mol. The predicted octanol–water partition coefficient (Wildman–Crippen LogP) is 4.23. The lowest BCUT2D eigenvalue weighted by Crippen LogP contribution is -2.48. The Balaban J connectivity index is 0.00000210. The maximum absolute atomic E-state index is 4.88. The zero-order valence-electron chi connectivity index (χ0n) is 15.9. The molecule has 0 radical (unpaired) electrons. The van der Waals surface area contributed by atoms with Crippen LogP contribution in [0.15, 0.2) is 46.8 Å². The maximum atomic E-state index is 4.88. The van der Waals surface area contributed by atoms with Gasteiger partial charge in [0.2, 0.25) is 0 Å². The highest BCUT2D eigenvalue weighted by Gasteiger charge is 2.25. The molecule has 0 spiro atoms. The minimum Gasteiger partial charge on any atom is -0.363 e. The van der Waals surface area contributed by atoms with Gasteiger partial charge < -0.3 is 15.5 Å². The van der Waals surface area contributed by atoms with Gasteiger partial charge in [0.15, 0.2) is 5.96 Å². The van der Waals surface area contributed by atoms with E-state index in [0.29, 0.717) is 12.0 Å². The van der Waals surface area contributed by atoms with Gasteiger partial charge in [0.05, 0.1) is 5.00 Å². The molecule has 1 aliphatic carbocycles. The van der Waals surface area contributed by atoms with Gasteiger partial charge in [-0.25, -0.2) is 0 Å². The average Bonchev–Trinajstić information content (AvgIpc) is 3.18. The molecule has 0 bridgehead atoms. The fourth-order valence-electron chi connectivity index (χ4n) is 3.93. The van der Waals surface area contributed by atoms with Crippen molar-refractivity contribution in [2.24, 2.45) is 4.99 Å². The summed E-state index contributed by atoms with van der Waals surface area (Å²) in [6, 6.07) is 13.6. The van der Waals surface area contributed by atoms with Crippen molar-refractivity contribution >= 4 is 46.3 Å². The van der Waals surface area contributed by atoms with Crippen molar-refractivity contribution in [2.45, 2.75) is 38.1 Å². The summed E-state index contributed by atoms with van der Waals surface area (Å²) < 4.78 is 0. The molecule has 1 saturated heterocycles. The molecule has 0 amide bonds. The van der Waals surface area contributed by atoms with Crippen LogP contribution >= 0.6 is 35.3 Å². The molecule has 2 aromatic rings. The molecule has 1 aliphatic heterocycles. The topological polar surface area (TPSA) is 39.7 Å². The lowest BCUT2D eigenvalue weighted by atomic mass is 9.78. The Morgan fingerprint density at radius 3 is 2.70 bits per heavy atom. The molecular formula is C21H29IN4S. The first-order valence-electron chi connectivity index (χ1n) is 9.74. The summed E-state index contributed by atoms with van der Waals surface area (Å²) in [5.74, 6) is 1.56. The van der Waals surface area contributed by atoms with Crippen LogP contribution < -0.4 is 15.5 Å². The third kappa shape index (κ3) is 4.96. The molecule has 4 nitrogen and oxygen atoms in total. The smallest absolute Gasteiger partial charge is 0.191 e. The monoisotopic (exact) mass is 496 g/mol. The Labute approximate surface area is 183 Å². The van der Waals surface area contributed by atoms with E-state index in [0.717, 1.165) is 51.4 Å². The van der Waals surface area contributed by atoms with E-state index in [1.165, 1.54) is 16.1 Å². The van der Waals surface area contributed by atoms with Crippen molar-refractivity contribution in [3.8, 4) is 0 Å². The summed E-state index contributed by atoms with van der Waals surface area (Å²) in [6.07, 6.45) is 3.49. The van der Waals surface area contributed by atoms with Crippen molar-refractivity contribution in [3.63, 3.8) is 0 Å².